The fourth-order valence-corrected chi connectivity index (χ4v) is 4.01. The van der Waals surface area contributed by atoms with Crippen LogP contribution >= 0.6 is 23.8 Å². The molecule has 0 atom stereocenters. The molecule has 0 bridgehead atoms. The number of thiocarbonyl (C=S) groups is 1. The third-order valence-corrected chi connectivity index (χ3v) is 5.78. The Bertz CT molecular complexity index is 887. The number of rotatable bonds is 5. The van der Waals surface area contributed by atoms with Gasteiger partial charge in [-0.3, -0.25) is 0 Å². The normalized spacial score (nSPS) is 16.0. The minimum Gasteiger partial charge on any atom is -0.481 e. The number of nitrogens with one attached hydrogen (secondary N) is 2. The van der Waals surface area contributed by atoms with E-state index >= 15 is 0 Å². The lowest BCUT2D eigenvalue weighted by molar-refractivity contribution is -0.141. The fourth-order valence-electron chi connectivity index (χ4n) is 3.73. The maximum atomic E-state index is 13.0. The van der Waals surface area contributed by atoms with Crippen LogP contribution in [0.3, 0.4) is 0 Å². The number of alkyl halides is 3. The Hall–Kier alpha value is -2.13. The van der Waals surface area contributed by atoms with Crippen LogP contribution in [0.4, 0.5) is 19.1 Å². The average Bonchev–Trinajstić information content (AvgIpc) is 2.72. The van der Waals surface area contributed by atoms with Crippen molar-refractivity contribution >= 4 is 34.9 Å². The van der Waals surface area contributed by atoms with Gasteiger partial charge in [-0.15, -0.1) is 0 Å². The predicted octanol–water partition coefficient (Wildman–Crippen LogP) is 5.35. The molecule has 0 unspecified atom stereocenters. The van der Waals surface area contributed by atoms with E-state index in [0.717, 1.165) is 31.7 Å². The summed E-state index contributed by atoms with van der Waals surface area (Å²) >= 11 is 11.3. The summed E-state index contributed by atoms with van der Waals surface area (Å²) < 4.78 is 44.0. The average molecular weight is 459 g/mol. The maximum Gasteiger partial charge on any atom is 0.433 e. The summed E-state index contributed by atoms with van der Waals surface area (Å²) in [5.74, 6) is -0.476. The van der Waals surface area contributed by atoms with Gasteiger partial charge < -0.3 is 15.4 Å². The van der Waals surface area contributed by atoms with Crippen LogP contribution < -0.4 is 15.4 Å². The first-order valence-electron chi connectivity index (χ1n) is 9.53. The van der Waals surface area contributed by atoms with E-state index in [1.165, 1.54) is 19.1 Å². The van der Waals surface area contributed by atoms with Crippen LogP contribution in [0.15, 0.2) is 30.3 Å². The van der Waals surface area contributed by atoms with Gasteiger partial charge in [0.05, 0.1) is 7.11 Å². The van der Waals surface area contributed by atoms with Crippen molar-refractivity contribution in [2.75, 3.05) is 19.0 Å². The molecule has 1 aliphatic carbocycles. The van der Waals surface area contributed by atoms with E-state index in [4.69, 9.17) is 28.6 Å². The van der Waals surface area contributed by atoms with Gasteiger partial charge in [0.1, 0.15) is 0 Å². The molecule has 1 aliphatic rings. The molecule has 1 aromatic carbocycles. The molecule has 2 aromatic rings. The van der Waals surface area contributed by atoms with Gasteiger partial charge in [0.25, 0.3) is 0 Å². The molecular weight excluding hydrogens is 437 g/mol. The number of benzene rings is 1. The molecule has 1 aromatic heterocycles. The van der Waals surface area contributed by atoms with Crippen molar-refractivity contribution in [2.45, 2.75) is 43.7 Å². The van der Waals surface area contributed by atoms with E-state index in [0.29, 0.717) is 11.6 Å². The predicted molar refractivity (Wildman–Crippen MR) is 114 cm³/mol. The Morgan fingerprint density at radius 3 is 2.43 bits per heavy atom. The van der Waals surface area contributed by atoms with E-state index < -0.39 is 11.9 Å². The van der Waals surface area contributed by atoms with E-state index in [1.54, 1.807) is 0 Å². The van der Waals surface area contributed by atoms with E-state index in [1.807, 2.05) is 24.3 Å². The van der Waals surface area contributed by atoms with Crippen molar-refractivity contribution in [1.82, 2.24) is 15.3 Å². The van der Waals surface area contributed by atoms with Crippen LogP contribution in [0.1, 0.15) is 43.4 Å². The minimum absolute atomic E-state index is 0.124. The fraction of sp³-hybridized carbons (Fsp3) is 0.450. The Morgan fingerprint density at radius 2 is 1.83 bits per heavy atom. The van der Waals surface area contributed by atoms with Crippen molar-refractivity contribution in [2.24, 2.45) is 0 Å². The molecule has 162 valence electrons. The van der Waals surface area contributed by atoms with Crippen LogP contribution in [-0.4, -0.2) is 28.7 Å². The number of nitrogens with zero attached hydrogens (tertiary/aromatic N) is 2. The van der Waals surface area contributed by atoms with Crippen LogP contribution in [-0.2, 0) is 11.6 Å². The highest BCUT2D eigenvalue weighted by Crippen LogP contribution is 2.39. The first-order valence-corrected chi connectivity index (χ1v) is 10.3. The highest BCUT2D eigenvalue weighted by atomic mass is 35.5. The summed E-state index contributed by atoms with van der Waals surface area (Å²) in [5, 5.41) is 6.60. The Labute approximate surface area is 183 Å². The van der Waals surface area contributed by atoms with Crippen LogP contribution in [0.2, 0.25) is 5.02 Å². The zero-order chi connectivity index (χ0) is 21.8. The second-order valence-electron chi connectivity index (χ2n) is 7.27. The molecule has 1 heterocycles. The molecule has 0 radical (unpaired) electrons. The third kappa shape index (κ3) is 5.51. The largest absolute Gasteiger partial charge is 0.481 e. The number of ether oxygens (including phenoxy) is 1. The van der Waals surface area contributed by atoms with Crippen molar-refractivity contribution in [1.29, 1.82) is 0 Å². The highest BCUT2D eigenvalue weighted by molar-refractivity contribution is 7.80. The van der Waals surface area contributed by atoms with Crippen molar-refractivity contribution in [3.8, 4) is 5.88 Å². The van der Waals surface area contributed by atoms with Crippen molar-refractivity contribution in [3.63, 3.8) is 0 Å². The van der Waals surface area contributed by atoms with E-state index in [9.17, 15) is 13.2 Å². The topological polar surface area (TPSA) is 59.1 Å². The molecule has 1 saturated carbocycles. The zero-order valence-corrected chi connectivity index (χ0v) is 17.9. The summed E-state index contributed by atoms with van der Waals surface area (Å²) in [6.45, 7) is 0.538. The van der Waals surface area contributed by atoms with Crippen molar-refractivity contribution in [3.05, 3.63) is 46.6 Å². The molecule has 0 saturated heterocycles. The highest BCUT2D eigenvalue weighted by Gasteiger charge is 2.35. The lowest BCUT2D eigenvalue weighted by atomic mass is 9.69. The number of methoxy groups -OCH3 is 1. The molecule has 0 spiro atoms. The lowest BCUT2D eigenvalue weighted by Gasteiger charge is -2.38. The minimum atomic E-state index is -4.62. The molecule has 3 rings (SSSR count). The summed E-state index contributed by atoms with van der Waals surface area (Å²) in [6, 6.07) is 8.51. The molecule has 0 aliphatic heterocycles. The summed E-state index contributed by atoms with van der Waals surface area (Å²) in [7, 11) is 1.24. The van der Waals surface area contributed by atoms with Crippen molar-refractivity contribution < 1.29 is 17.9 Å². The van der Waals surface area contributed by atoms with Crippen LogP contribution in [0, 0.1) is 0 Å². The van der Waals surface area contributed by atoms with Gasteiger partial charge in [-0.2, -0.15) is 18.2 Å². The first-order chi connectivity index (χ1) is 14.2. The Balaban J connectivity index is 1.73. The van der Waals surface area contributed by atoms with E-state index in [-0.39, 0.29) is 22.4 Å². The summed E-state index contributed by atoms with van der Waals surface area (Å²) in [4.78, 5) is 7.40. The van der Waals surface area contributed by atoms with Gasteiger partial charge in [0.2, 0.25) is 11.8 Å². The number of halogens is 4. The quantitative estimate of drug-likeness (QED) is 0.589. The molecule has 0 amide bonds. The molecule has 10 heteroatoms. The lowest BCUT2D eigenvalue weighted by Crippen LogP contribution is -2.43. The number of aromatic nitrogens is 2. The van der Waals surface area contributed by atoms with Gasteiger partial charge in [-0.1, -0.05) is 43.0 Å². The first kappa shape index (κ1) is 22.6. The number of hydrogen-bond donors (Lipinski definition) is 2. The Morgan fingerprint density at radius 1 is 1.17 bits per heavy atom. The number of hydrogen-bond acceptors (Lipinski definition) is 4. The zero-order valence-electron chi connectivity index (χ0n) is 16.4. The standard InChI is InChI=1S/C20H22ClF3N4OS/c1-29-16-11-15(20(22,23)24)26-17(27-16)28-18(30)25-12-19(9-3-2-4-10-19)13-5-7-14(21)8-6-13/h5-8,11H,2-4,9-10,12H2,1H3,(H2,25,26,27,28,30). The van der Waals surface area contributed by atoms with Gasteiger partial charge in [0.15, 0.2) is 10.8 Å². The second kappa shape index (κ2) is 9.34. The van der Waals surface area contributed by atoms with Gasteiger partial charge in [0, 0.05) is 23.0 Å². The third-order valence-electron chi connectivity index (χ3n) is 5.28. The molecule has 1 fully saturated rings. The summed E-state index contributed by atoms with van der Waals surface area (Å²) in [5.41, 5.74) is -0.0653. The SMILES string of the molecule is COc1cc(C(F)(F)F)nc(NC(=S)NCC2(c3ccc(Cl)cc3)CCCCC2)n1. The van der Waals surface area contributed by atoms with Gasteiger partial charge >= 0.3 is 6.18 Å². The molecular formula is C20H22ClF3N4OS. The molecule has 2 N–H and O–H groups in total. The van der Waals surface area contributed by atoms with E-state index in [2.05, 4.69) is 20.6 Å². The maximum absolute atomic E-state index is 13.0. The van der Waals surface area contributed by atoms with Crippen LogP contribution in [0.5, 0.6) is 5.88 Å². The smallest absolute Gasteiger partial charge is 0.433 e. The van der Waals surface area contributed by atoms with Crippen LogP contribution in [0.25, 0.3) is 0 Å². The molecule has 5 nitrogen and oxygen atoms in total. The second-order valence-corrected chi connectivity index (χ2v) is 8.12. The monoisotopic (exact) mass is 458 g/mol. The Kier molecular flexibility index (Phi) is 7.02. The number of anilines is 1. The summed E-state index contributed by atoms with van der Waals surface area (Å²) in [6.07, 6.45) is 0.714. The van der Waals surface area contributed by atoms with Gasteiger partial charge in [-0.05, 0) is 42.8 Å². The molecule has 30 heavy (non-hydrogen) atoms. The van der Waals surface area contributed by atoms with Gasteiger partial charge in [-0.25, -0.2) is 4.98 Å².